The fourth-order valence-electron chi connectivity index (χ4n) is 3.66. The molecule has 1 N–H and O–H groups in total. The number of aliphatic imine (C=N–C) groups is 1. The van der Waals surface area contributed by atoms with E-state index in [1.165, 1.54) is 11.8 Å². The van der Waals surface area contributed by atoms with Gasteiger partial charge in [0.15, 0.2) is 15.0 Å². The molecule has 0 radical (unpaired) electrons. The fourth-order valence-corrected chi connectivity index (χ4v) is 7.59. The first-order valence-corrected chi connectivity index (χ1v) is 12.3. The number of hydrogen-bond donors (Lipinski definition) is 1. The van der Waals surface area contributed by atoms with Crippen molar-refractivity contribution < 1.29 is 23.1 Å². The molecular formula is C19H25N3O5S2. The van der Waals surface area contributed by atoms with Crippen molar-refractivity contribution in [2.24, 2.45) is 4.99 Å². The number of fused-ring (bicyclic) bond motifs is 1. The molecule has 0 aromatic heterocycles. The number of carbonyl (C=O) groups is 2. The summed E-state index contributed by atoms with van der Waals surface area (Å²) in [6.07, 6.45) is -0.457. The number of carboxylic acid groups (broad SMARTS) is 1. The molecule has 0 bridgehead atoms. The van der Waals surface area contributed by atoms with Gasteiger partial charge in [-0.1, -0.05) is 11.8 Å². The Balaban J connectivity index is 1.90. The third-order valence-electron chi connectivity index (χ3n) is 5.10. The van der Waals surface area contributed by atoms with Gasteiger partial charge in [-0.05, 0) is 38.1 Å². The Morgan fingerprint density at radius 1 is 1.17 bits per heavy atom. The smallest absolute Gasteiger partial charge is 0.303 e. The molecule has 2 aliphatic heterocycles. The maximum Gasteiger partial charge on any atom is 0.303 e. The Labute approximate surface area is 174 Å². The van der Waals surface area contributed by atoms with Crippen molar-refractivity contribution in [3.8, 4) is 0 Å². The summed E-state index contributed by atoms with van der Waals surface area (Å²) in [6, 6.07) is 7.51. The molecule has 10 heteroatoms. The van der Waals surface area contributed by atoms with Crippen molar-refractivity contribution in [1.82, 2.24) is 0 Å². The lowest BCUT2D eigenvalue weighted by molar-refractivity contribution is -0.138. The van der Waals surface area contributed by atoms with E-state index < -0.39 is 21.7 Å². The van der Waals surface area contributed by atoms with E-state index in [-0.39, 0.29) is 35.6 Å². The van der Waals surface area contributed by atoms with Crippen LogP contribution in [0.5, 0.6) is 0 Å². The molecule has 8 nitrogen and oxygen atoms in total. The van der Waals surface area contributed by atoms with E-state index in [2.05, 4.69) is 23.7 Å². The second kappa shape index (κ2) is 8.74. The van der Waals surface area contributed by atoms with E-state index in [0.717, 1.165) is 24.5 Å². The summed E-state index contributed by atoms with van der Waals surface area (Å²) >= 11 is 1.29. The number of thioether (sulfide) groups is 1. The lowest BCUT2D eigenvalue weighted by Gasteiger charge is -2.26. The van der Waals surface area contributed by atoms with Crippen molar-refractivity contribution in [1.29, 1.82) is 0 Å². The van der Waals surface area contributed by atoms with Gasteiger partial charge >= 0.3 is 5.97 Å². The Kier molecular flexibility index (Phi) is 6.52. The highest BCUT2D eigenvalue weighted by molar-refractivity contribution is 8.16. The number of rotatable bonds is 7. The van der Waals surface area contributed by atoms with Crippen molar-refractivity contribution in [2.45, 2.75) is 38.0 Å². The predicted molar refractivity (Wildman–Crippen MR) is 116 cm³/mol. The van der Waals surface area contributed by atoms with Gasteiger partial charge in [-0.15, -0.1) is 0 Å². The van der Waals surface area contributed by atoms with E-state index >= 15 is 0 Å². The predicted octanol–water partition coefficient (Wildman–Crippen LogP) is 2.00. The van der Waals surface area contributed by atoms with Crippen LogP contribution in [0.2, 0.25) is 0 Å². The minimum atomic E-state index is -3.14. The van der Waals surface area contributed by atoms with Crippen LogP contribution in [-0.4, -0.2) is 66.5 Å². The maximum absolute atomic E-state index is 12.1. The molecule has 2 fully saturated rings. The Bertz CT molecular complexity index is 910. The molecule has 158 valence electrons. The van der Waals surface area contributed by atoms with Crippen LogP contribution < -0.4 is 9.80 Å². The average Bonchev–Trinajstić information content (AvgIpc) is 3.12. The van der Waals surface area contributed by atoms with Gasteiger partial charge in [0, 0.05) is 36.1 Å². The summed E-state index contributed by atoms with van der Waals surface area (Å²) in [5.41, 5.74) is 1.85. The normalized spacial score (nSPS) is 23.9. The van der Waals surface area contributed by atoms with E-state index in [0.29, 0.717) is 5.17 Å². The third kappa shape index (κ3) is 4.92. The number of anilines is 2. The molecule has 2 aliphatic rings. The quantitative estimate of drug-likeness (QED) is 0.687. The zero-order valence-electron chi connectivity index (χ0n) is 16.4. The van der Waals surface area contributed by atoms with Gasteiger partial charge in [0.25, 0.3) is 0 Å². The zero-order valence-corrected chi connectivity index (χ0v) is 18.1. The molecule has 2 saturated heterocycles. The molecule has 0 spiro atoms. The zero-order chi connectivity index (χ0) is 21.2. The van der Waals surface area contributed by atoms with Crippen LogP contribution in [0, 0.1) is 0 Å². The molecule has 2 atom stereocenters. The lowest BCUT2D eigenvalue weighted by atomic mass is 10.2. The molecule has 2 heterocycles. The highest BCUT2D eigenvalue weighted by atomic mass is 32.2. The van der Waals surface area contributed by atoms with Gasteiger partial charge in [-0.3, -0.25) is 9.59 Å². The summed E-state index contributed by atoms with van der Waals surface area (Å²) in [5.74, 6) is -1.49. The number of sulfone groups is 1. The molecule has 29 heavy (non-hydrogen) atoms. The minimum absolute atomic E-state index is 0.0187. The van der Waals surface area contributed by atoms with Gasteiger partial charge in [0.05, 0.1) is 24.0 Å². The number of hydrogen-bond acceptors (Lipinski definition) is 6. The van der Waals surface area contributed by atoms with Gasteiger partial charge < -0.3 is 14.9 Å². The summed E-state index contributed by atoms with van der Waals surface area (Å²) in [7, 11) is -3.14. The van der Waals surface area contributed by atoms with E-state index in [4.69, 9.17) is 5.11 Å². The highest BCUT2D eigenvalue weighted by Crippen LogP contribution is 2.41. The SMILES string of the molecule is CCN(CC)c1ccc(N2C(=NC(=O)CCC(=O)O)S[C@H]3CS(=O)(=O)C[C@H]32)cc1. The van der Waals surface area contributed by atoms with Gasteiger partial charge in [0.2, 0.25) is 5.91 Å². The Hall–Kier alpha value is -2.07. The van der Waals surface area contributed by atoms with Crippen LogP contribution in [0.15, 0.2) is 29.3 Å². The average molecular weight is 440 g/mol. The Morgan fingerprint density at radius 2 is 1.83 bits per heavy atom. The molecular weight excluding hydrogens is 414 g/mol. The van der Waals surface area contributed by atoms with Crippen LogP contribution in [0.4, 0.5) is 11.4 Å². The first-order valence-electron chi connectivity index (χ1n) is 9.58. The van der Waals surface area contributed by atoms with Crippen molar-refractivity contribution >= 4 is 50.0 Å². The van der Waals surface area contributed by atoms with Crippen LogP contribution in [0.3, 0.4) is 0 Å². The lowest BCUT2D eigenvalue weighted by Crippen LogP contribution is -2.37. The molecule has 3 rings (SSSR count). The van der Waals surface area contributed by atoms with Gasteiger partial charge in [-0.25, -0.2) is 8.42 Å². The maximum atomic E-state index is 12.1. The number of aliphatic carboxylic acids is 1. The van der Waals surface area contributed by atoms with Crippen molar-refractivity contribution in [3.05, 3.63) is 24.3 Å². The van der Waals surface area contributed by atoms with Crippen molar-refractivity contribution in [2.75, 3.05) is 34.4 Å². The number of benzene rings is 1. The molecule has 0 unspecified atom stereocenters. The summed E-state index contributed by atoms with van der Waals surface area (Å²) in [6.45, 7) is 5.91. The second-order valence-corrected chi connectivity index (χ2v) is 10.4. The molecule has 0 aliphatic carbocycles. The monoisotopic (exact) mass is 439 g/mol. The summed E-state index contributed by atoms with van der Waals surface area (Å²) in [5, 5.41) is 9.03. The molecule has 1 aromatic carbocycles. The minimum Gasteiger partial charge on any atom is -0.481 e. The van der Waals surface area contributed by atoms with Crippen LogP contribution >= 0.6 is 11.8 Å². The first-order chi connectivity index (χ1) is 13.7. The second-order valence-electron chi connectivity index (χ2n) is 7.04. The van der Waals surface area contributed by atoms with E-state index in [1.807, 2.05) is 29.2 Å². The number of nitrogens with zero attached hydrogens (tertiary/aromatic N) is 3. The van der Waals surface area contributed by atoms with E-state index in [1.54, 1.807) is 0 Å². The standard InChI is InChI=1S/C19H25N3O5S2/c1-3-21(4-2)13-5-7-14(8-6-13)22-15-11-29(26,27)12-16(15)28-19(22)20-17(23)9-10-18(24)25/h5-8,15-16H,3-4,9-12H2,1-2H3,(H,24,25)/t15-,16+/m1/s1. The van der Waals surface area contributed by atoms with Crippen LogP contribution in [0.25, 0.3) is 0 Å². The number of amidine groups is 1. The topological polar surface area (TPSA) is 107 Å². The molecule has 0 saturated carbocycles. The van der Waals surface area contributed by atoms with Gasteiger partial charge in [-0.2, -0.15) is 4.99 Å². The number of amides is 1. The van der Waals surface area contributed by atoms with E-state index in [9.17, 15) is 18.0 Å². The van der Waals surface area contributed by atoms with Crippen LogP contribution in [-0.2, 0) is 19.4 Å². The first kappa shape index (κ1) is 21.6. The fraction of sp³-hybridized carbons (Fsp3) is 0.526. The third-order valence-corrected chi connectivity index (χ3v) is 8.31. The summed E-state index contributed by atoms with van der Waals surface area (Å²) < 4.78 is 24.3. The largest absolute Gasteiger partial charge is 0.481 e. The Morgan fingerprint density at radius 3 is 2.41 bits per heavy atom. The summed E-state index contributed by atoms with van der Waals surface area (Å²) in [4.78, 5) is 31.0. The van der Waals surface area contributed by atoms with Gasteiger partial charge in [0.1, 0.15) is 0 Å². The number of carbonyl (C=O) groups excluding carboxylic acids is 1. The highest BCUT2D eigenvalue weighted by Gasteiger charge is 2.49. The molecule has 1 amide bonds. The molecule has 1 aromatic rings. The van der Waals surface area contributed by atoms with Crippen molar-refractivity contribution in [3.63, 3.8) is 0 Å². The van der Waals surface area contributed by atoms with Crippen LogP contribution in [0.1, 0.15) is 26.7 Å². The number of carboxylic acids is 1.